The van der Waals surface area contributed by atoms with Crippen LogP contribution in [0.2, 0.25) is 5.02 Å². The minimum Gasteiger partial charge on any atom is -0.492 e. The Labute approximate surface area is 123 Å². The number of nitrogens with zero attached hydrogens (tertiary/aromatic N) is 1. The molecule has 1 aliphatic heterocycles. The van der Waals surface area contributed by atoms with Gasteiger partial charge in [-0.2, -0.15) is 0 Å². The van der Waals surface area contributed by atoms with Crippen molar-refractivity contribution in [2.45, 2.75) is 18.6 Å². The molecule has 5 nitrogen and oxygen atoms in total. The molecule has 1 amide bonds. The van der Waals surface area contributed by atoms with E-state index in [9.17, 15) is 4.79 Å². The van der Waals surface area contributed by atoms with Crippen LogP contribution in [-0.4, -0.2) is 49.8 Å². The Morgan fingerprint density at radius 2 is 2.35 bits per heavy atom. The Kier molecular flexibility index (Phi) is 5.23. The van der Waals surface area contributed by atoms with Crippen molar-refractivity contribution in [2.75, 3.05) is 26.8 Å². The van der Waals surface area contributed by atoms with Gasteiger partial charge in [0.1, 0.15) is 12.4 Å². The van der Waals surface area contributed by atoms with Crippen LogP contribution >= 0.6 is 11.6 Å². The summed E-state index contributed by atoms with van der Waals surface area (Å²) in [5.74, 6) is 0.405. The maximum atomic E-state index is 11.4. The van der Waals surface area contributed by atoms with Crippen molar-refractivity contribution in [3.05, 3.63) is 29.3 Å². The molecule has 0 aliphatic carbocycles. The molecule has 0 unspecified atom stereocenters. The maximum absolute atomic E-state index is 11.4. The van der Waals surface area contributed by atoms with E-state index in [0.717, 1.165) is 5.75 Å². The Bertz CT molecular complexity index is 469. The minimum atomic E-state index is -0.313. The molecule has 20 heavy (non-hydrogen) atoms. The van der Waals surface area contributed by atoms with Gasteiger partial charge in [-0.25, -0.2) is 0 Å². The first-order valence-corrected chi connectivity index (χ1v) is 6.92. The molecule has 0 bridgehead atoms. The summed E-state index contributed by atoms with van der Waals surface area (Å²) in [7, 11) is 1.65. The van der Waals surface area contributed by atoms with Gasteiger partial charge in [0.25, 0.3) is 0 Å². The van der Waals surface area contributed by atoms with Crippen LogP contribution in [0.3, 0.4) is 0 Å². The molecular weight excluding hydrogens is 280 g/mol. The summed E-state index contributed by atoms with van der Waals surface area (Å²) in [6.07, 6.45) is 0.696. The zero-order valence-corrected chi connectivity index (χ0v) is 12.2. The first-order chi connectivity index (χ1) is 9.60. The predicted octanol–water partition coefficient (Wildman–Crippen LogP) is 1.29. The van der Waals surface area contributed by atoms with E-state index in [1.165, 1.54) is 0 Å². The molecule has 1 saturated heterocycles. The fraction of sp³-hybridized carbons (Fsp3) is 0.500. The third-order valence-electron chi connectivity index (χ3n) is 3.47. The molecule has 0 radical (unpaired) electrons. The van der Waals surface area contributed by atoms with Crippen LogP contribution in [-0.2, 0) is 9.53 Å². The van der Waals surface area contributed by atoms with Crippen LogP contribution in [0.25, 0.3) is 0 Å². The molecule has 0 aromatic heterocycles. The zero-order valence-electron chi connectivity index (χ0n) is 11.4. The van der Waals surface area contributed by atoms with Gasteiger partial charge in [0.05, 0.1) is 12.1 Å². The first-order valence-electron chi connectivity index (χ1n) is 6.54. The molecule has 1 aliphatic rings. The largest absolute Gasteiger partial charge is 0.492 e. The average molecular weight is 299 g/mol. The number of likely N-dealkylation sites (tertiary alicyclic amines) is 1. The minimum absolute atomic E-state index is 0.0543. The second kappa shape index (κ2) is 6.92. The quantitative estimate of drug-likeness (QED) is 0.859. The summed E-state index contributed by atoms with van der Waals surface area (Å²) in [5.41, 5.74) is 5.41. The number of amides is 1. The number of carbonyl (C=O) groups is 1. The van der Waals surface area contributed by atoms with E-state index in [1.807, 2.05) is 17.0 Å². The van der Waals surface area contributed by atoms with Crippen molar-refractivity contribution in [3.63, 3.8) is 0 Å². The number of nitrogens with two attached hydrogens (primary N) is 1. The monoisotopic (exact) mass is 298 g/mol. The highest BCUT2D eigenvalue weighted by molar-refractivity contribution is 6.30. The molecule has 1 fully saturated rings. The highest BCUT2D eigenvalue weighted by Crippen LogP contribution is 2.20. The third-order valence-corrected chi connectivity index (χ3v) is 3.71. The number of hydrogen-bond donors (Lipinski definition) is 1. The van der Waals surface area contributed by atoms with Gasteiger partial charge in [0, 0.05) is 25.2 Å². The molecule has 2 rings (SSSR count). The number of ether oxygens (including phenoxy) is 2. The third kappa shape index (κ3) is 3.85. The van der Waals surface area contributed by atoms with Gasteiger partial charge >= 0.3 is 0 Å². The molecule has 1 heterocycles. The number of benzene rings is 1. The van der Waals surface area contributed by atoms with E-state index in [2.05, 4.69) is 0 Å². The smallest absolute Gasteiger partial charge is 0.234 e. The van der Waals surface area contributed by atoms with E-state index in [0.29, 0.717) is 31.1 Å². The number of hydrogen-bond acceptors (Lipinski definition) is 4. The van der Waals surface area contributed by atoms with Crippen molar-refractivity contribution < 1.29 is 14.3 Å². The zero-order chi connectivity index (χ0) is 14.5. The van der Waals surface area contributed by atoms with Crippen molar-refractivity contribution in [2.24, 2.45) is 5.73 Å². The van der Waals surface area contributed by atoms with E-state index in [1.54, 1.807) is 19.2 Å². The van der Waals surface area contributed by atoms with Crippen molar-refractivity contribution in [1.82, 2.24) is 4.90 Å². The fourth-order valence-corrected chi connectivity index (χ4v) is 2.59. The summed E-state index contributed by atoms with van der Waals surface area (Å²) in [5, 5.41) is 0.637. The van der Waals surface area contributed by atoms with Crippen LogP contribution in [0.1, 0.15) is 6.42 Å². The van der Waals surface area contributed by atoms with Gasteiger partial charge in [-0.15, -0.1) is 0 Å². The van der Waals surface area contributed by atoms with Crippen LogP contribution in [0.4, 0.5) is 0 Å². The molecule has 2 atom stereocenters. The highest BCUT2D eigenvalue weighted by Gasteiger charge is 2.35. The van der Waals surface area contributed by atoms with Crippen molar-refractivity contribution >= 4 is 17.5 Å². The standard InChI is InChI=1S/C14H19ClN2O3/c1-19-12-8-13(14(16)18)17(9-12)5-6-20-11-4-2-3-10(15)7-11/h2-4,7,12-13H,5-6,8-9H2,1H3,(H2,16,18)/t12-,13-/m0/s1. The normalized spacial score (nSPS) is 22.9. The topological polar surface area (TPSA) is 64.8 Å². The molecule has 1 aromatic rings. The number of primary amides is 1. The lowest BCUT2D eigenvalue weighted by Crippen LogP contribution is -2.42. The highest BCUT2D eigenvalue weighted by atomic mass is 35.5. The Morgan fingerprint density at radius 1 is 1.55 bits per heavy atom. The maximum Gasteiger partial charge on any atom is 0.234 e. The lowest BCUT2D eigenvalue weighted by molar-refractivity contribution is -0.122. The second-order valence-electron chi connectivity index (χ2n) is 4.81. The van der Waals surface area contributed by atoms with Gasteiger partial charge in [-0.3, -0.25) is 9.69 Å². The van der Waals surface area contributed by atoms with E-state index in [-0.39, 0.29) is 18.1 Å². The van der Waals surface area contributed by atoms with Crippen LogP contribution in [0.15, 0.2) is 24.3 Å². The number of halogens is 1. The molecule has 2 N–H and O–H groups in total. The Balaban J connectivity index is 1.85. The average Bonchev–Trinajstić information content (AvgIpc) is 2.82. The van der Waals surface area contributed by atoms with Gasteiger partial charge in [-0.1, -0.05) is 17.7 Å². The van der Waals surface area contributed by atoms with Gasteiger partial charge in [0.15, 0.2) is 0 Å². The fourth-order valence-electron chi connectivity index (χ4n) is 2.41. The van der Waals surface area contributed by atoms with E-state index >= 15 is 0 Å². The van der Waals surface area contributed by atoms with Crippen LogP contribution < -0.4 is 10.5 Å². The molecule has 1 aromatic carbocycles. The number of methoxy groups -OCH3 is 1. The van der Waals surface area contributed by atoms with E-state index < -0.39 is 0 Å². The van der Waals surface area contributed by atoms with Gasteiger partial charge in [0.2, 0.25) is 5.91 Å². The molecule has 0 spiro atoms. The SMILES string of the molecule is CO[C@H]1C[C@@H](C(N)=O)N(CCOc2cccc(Cl)c2)C1. The summed E-state index contributed by atoms with van der Waals surface area (Å²) >= 11 is 5.89. The summed E-state index contributed by atoms with van der Waals surface area (Å²) in [6.45, 7) is 1.80. The summed E-state index contributed by atoms with van der Waals surface area (Å²) < 4.78 is 10.9. The molecule has 110 valence electrons. The van der Waals surface area contributed by atoms with Gasteiger partial charge < -0.3 is 15.2 Å². The van der Waals surface area contributed by atoms with Gasteiger partial charge in [-0.05, 0) is 24.6 Å². The van der Waals surface area contributed by atoms with E-state index in [4.69, 9.17) is 26.8 Å². The van der Waals surface area contributed by atoms with Crippen LogP contribution in [0.5, 0.6) is 5.75 Å². The molecular formula is C14H19ClN2O3. The predicted molar refractivity (Wildman–Crippen MR) is 76.9 cm³/mol. The van der Waals surface area contributed by atoms with Crippen LogP contribution in [0, 0.1) is 0 Å². The first kappa shape index (κ1) is 15.1. The number of carbonyl (C=O) groups excluding carboxylic acids is 1. The molecule has 6 heteroatoms. The molecule has 0 saturated carbocycles. The lowest BCUT2D eigenvalue weighted by atomic mass is 10.2. The Hall–Kier alpha value is -1.30. The lowest BCUT2D eigenvalue weighted by Gasteiger charge is -2.21. The van der Waals surface area contributed by atoms with Crippen molar-refractivity contribution in [3.8, 4) is 5.75 Å². The number of rotatable bonds is 6. The summed E-state index contributed by atoms with van der Waals surface area (Å²) in [6, 6.07) is 6.96. The summed E-state index contributed by atoms with van der Waals surface area (Å²) in [4.78, 5) is 13.4. The Morgan fingerprint density at radius 3 is 3.00 bits per heavy atom. The van der Waals surface area contributed by atoms with Crippen molar-refractivity contribution in [1.29, 1.82) is 0 Å². The second-order valence-corrected chi connectivity index (χ2v) is 5.25.